The van der Waals surface area contributed by atoms with Crippen molar-refractivity contribution in [2.24, 2.45) is 0 Å². The van der Waals surface area contributed by atoms with Gasteiger partial charge in [-0.05, 0) is 18.2 Å². The smallest absolute Gasteiger partial charge is 0.195 e. The van der Waals surface area contributed by atoms with Crippen LogP contribution in [0, 0.1) is 0 Å². The number of halogens is 7. The summed E-state index contributed by atoms with van der Waals surface area (Å²) in [7, 11) is 4.81. The highest BCUT2D eigenvalue weighted by Gasteiger charge is 2.30. The van der Waals surface area contributed by atoms with E-state index in [-0.39, 0.29) is 10.0 Å². The second-order valence-electron chi connectivity index (χ2n) is 2.53. The Morgan fingerprint density at radius 2 is 1.24 bits per heavy atom. The zero-order chi connectivity index (χ0) is 13.9. The molecule has 0 radical (unpaired) electrons. The van der Waals surface area contributed by atoms with E-state index >= 15 is 0 Å². The van der Waals surface area contributed by atoms with Gasteiger partial charge in [0.1, 0.15) is 0 Å². The van der Waals surface area contributed by atoms with Crippen LogP contribution in [-0.4, -0.2) is 8.42 Å². The van der Waals surface area contributed by atoms with Gasteiger partial charge in [0, 0.05) is 31.4 Å². The molecule has 0 heterocycles. The maximum Gasteiger partial charge on any atom is 0.416 e. The van der Waals surface area contributed by atoms with Crippen LogP contribution < -0.4 is 0 Å². The van der Waals surface area contributed by atoms with Crippen molar-refractivity contribution in [1.29, 1.82) is 0 Å². The van der Waals surface area contributed by atoms with E-state index in [9.17, 15) is 13.2 Å². The van der Waals surface area contributed by atoms with Crippen LogP contribution in [0.4, 0.5) is 13.2 Å². The molecule has 0 unspecified atom stereocenters. The van der Waals surface area contributed by atoms with Gasteiger partial charge < -0.3 is 0 Å². The van der Waals surface area contributed by atoms with Gasteiger partial charge in [-0.2, -0.15) is 21.6 Å². The zero-order valence-corrected chi connectivity index (χ0v) is 11.4. The molecule has 17 heavy (non-hydrogen) atoms. The van der Waals surface area contributed by atoms with Gasteiger partial charge in [-0.3, -0.25) is 0 Å². The Bertz CT molecular complexity index is 458. The molecule has 0 saturated carbocycles. The van der Waals surface area contributed by atoms with Crippen LogP contribution in [0.5, 0.6) is 0 Å². The Kier molecular flexibility index (Phi) is 6.38. The second kappa shape index (κ2) is 6.33. The SMILES string of the molecule is FC(F)(F)c1cc(Cl)cc(Cl)c1.O=S(=O)(Cl)Cl. The van der Waals surface area contributed by atoms with Crippen LogP contribution >= 0.6 is 44.6 Å². The lowest BCUT2D eigenvalue weighted by atomic mass is 10.2. The molecule has 1 aromatic rings. The quantitative estimate of drug-likeness (QED) is 0.635. The average Bonchev–Trinajstić information content (AvgIpc) is 1.96. The number of hydrogen-bond acceptors (Lipinski definition) is 2. The normalized spacial score (nSPS) is 11.7. The summed E-state index contributed by atoms with van der Waals surface area (Å²) in [6.07, 6.45) is -4.39. The molecule has 0 aliphatic carbocycles. The van der Waals surface area contributed by atoms with Crippen molar-refractivity contribution in [1.82, 2.24) is 0 Å². The summed E-state index contributed by atoms with van der Waals surface area (Å²) in [5, 5.41) is -0.0374. The molecule has 0 fully saturated rings. The summed E-state index contributed by atoms with van der Waals surface area (Å²) in [5.41, 5.74) is -0.833. The molecule has 1 rings (SSSR count). The molecule has 0 bridgehead atoms. The lowest BCUT2D eigenvalue weighted by Crippen LogP contribution is -2.04. The van der Waals surface area contributed by atoms with Crippen molar-refractivity contribution in [3.63, 3.8) is 0 Å². The lowest BCUT2D eigenvalue weighted by Gasteiger charge is -2.06. The first-order chi connectivity index (χ1) is 7.39. The summed E-state index contributed by atoms with van der Waals surface area (Å²) in [6, 6.07) is 2.90. The molecule has 2 nitrogen and oxygen atoms in total. The van der Waals surface area contributed by atoms with Crippen LogP contribution in [-0.2, 0) is 14.4 Å². The second-order valence-corrected chi connectivity index (χ2v) is 7.08. The van der Waals surface area contributed by atoms with Gasteiger partial charge in [-0.15, -0.1) is 0 Å². The molecule has 98 valence electrons. The standard InChI is InChI=1S/C7H3Cl2F3.Cl2O2S/c8-5-1-4(7(10,11)12)2-6(9)3-5;1-5(2,3)4/h1-3H;. The Morgan fingerprint density at radius 1 is 0.941 bits per heavy atom. The van der Waals surface area contributed by atoms with Crippen LogP contribution in [0.1, 0.15) is 5.56 Å². The van der Waals surface area contributed by atoms with Crippen molar-refractivity contribution in [3.05, 3.63) is 33.8 Å². The summed E-state index contributed by atoms with van der Waals surface area (Å²) < 4.78 is 54.4. The molecule has 0 atom stereocenters. The molecule has 1 aromatic carbocycles. The summed E-state index contributed by atoms with van der Waals surface area (Å²) in [5.74, 6) is 0. The third-order valence-corrected chi connectivity index (χ3v) is 1.63. The molecule has 0 N–H and O–H groups in total. The first kappa shape index (κ1) is 17.1. The fourth-order valence-electron chi connectivity index (χ4n) is 0.717. The van der Waals surface area contributed by atoms with E-state index in [4.69, 9.17) is 31.6 Å². The van der Waals surface area contributed by atoms with Gasteiger partial charge in [0.2, 0.25) is 0 Å². The van der Waals surface area contributed by atoms with Crippen LogP contribution in [0.15, 0.2) is 18.2 Å². The Morgan fingerprint density at radius 3 is 1.47 bits per heavy atom. The fourth-order valence-corrected chi connectivity index (χ4v) is 1.24. The molecule has 0 spiro atoms. The van der Waals surface area contributed by atoms with Crippen molar-refractivity contribution in [3.8, 4) is 0 Å². The number of alkyl halides is 3. The topological polar surface area (TPSA) is 34.1 Å². The molecule has 0 aliphatic rings. The molecule has 0 aromatic heterocycles. The van der Waals surface area contributed by atoms with Crippen molar-refractivity contribution >= 4 is 52.8 Å². The number of rotatable bonds is 0. The van der Waals surface area contributed by atoms with E-state index in [0.717, 1.165) is 12.1 Å². The van der Waals surface area contributed by atoms with Gasteiger partial charge in [0.25, 0.3) is 0 Å². The predicted molar refractivity (Wildman–Crippen MR) is 62.1 cm³/mol. The Hall–Kier alpha value is 0.120. The maximum atomic E-state index is 12.0. The van der Waals surface area contributed by atoms with Crippen molar-refractivity contribution in [2.45, 2.75) is 6.18 Å². The largest absolute Gasteiger partial charge is 0.416 e. The van der Waals surface area contributed by atoms with Gasteiger partial charge in [0.05, 0.1) is 5.56 Å². The minimum absolute atomic E-state index is 0.0187. The summed E-state index contributed by atoms with van der Waals surface area (Å²) in [6.45, 7) is 0. The fraction of sp³-hybridized carbons (Fsp3) is 0.143. The molecule has 0 amide bonds. The predicted octanol–water partition coefficient (Wildman–Crippen LogP) is 4.72. The molecule has 10 heteroatoms. The van der Waals surface area contributed by atoms with E-state index in [0.29, 0.717) is 0 Å². The van der Waals surface area contributed by atoms with Crippen LogP contribution in [0.3, 0.4) is 0 Å². The van der Waals surface area contributed by atoms with E-state index in [1.54, 1.807) is 0 Å². The third-order valence-electron chi connectivity index (χ3n) is 1.19. The maximum absolute atomic E-state index is 12.0. The number of benzene rings is 1. The zero-order valence-electron chi connectivity index (χ0n) is 7.60. The molecule has 0 saturated heterocycles. The minimum atomic E-state index is -4.39. The molecular weight excluding hydrogens is 347 g/mol. The van der Waals surface area contributed by atoms with Gasteiger partial charge in [0.15, 0.2) is 0 Å². The Labute approximate surface area is 114 Å². The molecular formula is C7H3Cl4F3O2S. The highest BCUT2D eigenvalue weighted by Crippen LogP contribution is 2.32. The highest BCUT2D eigenvalue weighted by atomic mass is 36.0. The monoisotopic (exact) mass is 348 g/mol. The summed E-state index contributed by atoms with van der Waals surface area (Å²) in [4.78, 5) is 0. The first-order valence-electron chi connectivity index (χ1n) is 3.57. The van der Waals surface area contributed by atoms with Crippen molar-refractivity contribution in [2.75, 3.05) is 0 Å². The minimum Gasteiger partial charge on any atom is -0.195 e. The van der Waals surface area contributed by atoms with Gasteiger partial charge >= 0.3 is 14.4 Å². The summed E-state index contributed by atoms with van der Waals surface area (Å²) >= 11 is 10.7. The molecule has 0 aliphatic heterocycles. The first-order valence-corrected chi connectivity index (χ1v) is 7.46. The van der Waals surface area contributed by atoms with E-state index < -0.39 is 20.0 Å². The van der Waals surface area contributed by atoms with E-state index in [2.05, 4.69) is 21.4 Å². The van der Waals surface area contributed by atoms with Crippen LogP contribution in [0.2, 0.25) is 10.0 Å². The Balaban J connectivity index is 0.000000437. The van der Waals surface area contributed by atoms with Crippen LogP contribution in [0.25, 0.3) is 0 Å². The van der Waals surface area contributed by atoms with Crippen molar-refractivity contribution < 1.29 is 21.6 Å². The van der Waals surface area contributed by atoms with E-state index in [1.165, 1.54) is 6.07 Å². The number of hydrogen-bond donors (Lipinski definition) is 0. The third kappa shape index (κ3) is 9.79. The van der Waals surface area contributed by atoms with Gasteiger partial charge in [-0.1, -0.05) is 23.2 Å². The average molecular weight is 350 g/mol. The van der Waals surface area contributed by atoms with Gasteiger partial charge in [-0.25, -0.2) is 0 Å². The lowest BCUT2D eigenvalue weighted by molar-refractivity contribution is -0.137. The highest BCUT2D eigenvalue weighted by molar-refractivity contribution is 8.31. The van der Waals surface area contributed by atoms with E-state index in [1.807, 2.05) is 0 Å².